The molecule has 2 heterocycles. The lowest BCUT2D eigenvalue weighted by atomic mass is 9.96. The van der Waals surface area contributed by atoms with Gasteiger partial charge in [0.25, 0.3) is 0 Å². The average molecular weight is 361 g/mol. The van der Waals surface area contributed by atoms with E-state index in [1.54, 1.807) is 11.8 Å². The van der Waals surface area contributed by atoms with Crippen LogP contribution in [0, 0.1) is 0 Å². The van der Waals surface area contributed by atoms with Crippen LogP contribution in [0.25, 0.3) is 0 Å². The minimum Gasteiger partial charge on any atom is -0.292 e. The van der Waals surface area contributed by atoms with Gasteiger partial charge in [-0.1, -0.05) is 72.8 Å². The monoisotopic (exact) mass is 360 g/mol. The lowest BCUT2D eigenvalue weighted by Crippen LogP contribution is -2.33. The van der Waals surface area contributed by atoms with E-state index in [0.717, 1.165) is 11.6 Å². The molecule has 0 N–H and O–H groups in total. The molecule has 0 amide bonds. The molecule has 132 valence electrons. The van der Waals surface area contributed by atoms with Crippen LogP contribution in [0.2, 0.25) is 0 Å². The largest absolute Gasteiger partial charge is 0.292 e. The number of hydrogen-bond acceptors (Lipinski definition) is 3. The Morgan fingerprint density at radius 2 is 1.65 bits per heavy atom. The summed E-state index contributed by atoms with van der Waals surface area (Å²) in [6.07, 6.45) is 5.90. The molecule has 3 aromatic rings. The molecule has 0 radical (unpaired) electrons. The number of piperidine rings is 1. The second-order valence-electron chi connectivity index (χ2n) is 6.81. The van der Waals surface area contributed by atoms with Crippen LogP contribution in [0.15, 0.2) is 88.9 Å². The third-order valence-corrected chi connectivity index (χ3v) is 5.91. The van der Waals surface area contributed by atoms with Gasteiger partial charge < -0.3 is 0 Å². The van der Waals surface area contributed by atoms with Gasteiger partial charge in [0.2, 0.25) is 0 Å². The molecule has 1 saturated heterocycles. The Morgan fingerprint density at radius 3 is 2.38 bits per heavy atom. The second kappa shape index (κ2) is 8.52. The molecule has 0 spiro atoms. The van der Waals surface area contributed by atoms with Crippen molar-refractivity contribution in [3.63, 3.8) is 0 Å². The topological polar surface area (TPSA) is 16.1 Å². The minimum absolute atomic E-state index is 0.479. The summed E-state index contributed by atoms with van der Waals surface area (Å²) in [5, 5.41) is 1.06. The molecule has 4 rings (SSSR count). The zero-order valence-electron chi connectivity index (χ0n) is 14.9. The normalized spacial score (nSPS) is 17.9. The summed E-state index contributed by atoms with van der Waals surface area (Å²) < 4.78 is 0. The smallest absolute Gasteiger partial charge is 0.101 e. The molecule has 1 aliphatic rings. The zero-order valence-corrected chi connectivity index (χ0v) is 15.7. The second-order valence-corrected chi connectivity index (χ2v) is 7.91. The third-order valence-electron chi connectivity index (χ3n) is 4.95. The highest BCUT2D eigenvalue weighted by Gasteiger charge is 2.24. The van der Waals surface area contributed by atoms with Crippen molar-refractivity contribution < 1.29 is 0 Å². The van der Waals surface area contributed by atoms with E-state index in [-0.39, 0.29) is 0 Å². The van der Waals surface area contributed by atoms with Crippen LogP contribution in [0.4, 0.5) is 0 Å². The van der Waals surface area contributed by atoms with Crippen molar-refractivity contribution in [2.24, 2.45) is 0 Å². The molecule has 2 nitrogen and oxygen atoms in total. The molecule has 1 fully saturated rings. The van der Waals surface area contributed by atoms with Gasteiger partial charge in [0.1, 0.15) is 5.03 Å². The van der Waals surface area contributed by atoms with Gasteiger partial charge in [-0.25, -0.2) is 4.98 Å². The number of aromatic nitrogens is 1. The lowest BCUT2D eigenvalue weighted by Gasteiger charge is -2.36. The van der Waals surface area contributed by atoms with E-state index >= 15 is 0 Å². The van der Waals surface area contributed by atoms with Gasteiger partial charge in [0, 0.05) is 23.7 Å². The number of rotatable bonds is 5. The Balaban J connectivity index is 1.47. The fraction of sp³-hybridized carbons (Fsp3) is 0.261. The van der Waals surface area contributed by atoms with Crippen LogP contribution < -0.4 is 0 Å². The maximum absolute atomic E-state index is 4.73. The molecular formula is C23H24N2S. The van der Waals surface area contributed by atoms with Crippen molar-refractivity contribution in [1.82, 2.24) is 9.88 Å². The van der Waals surface area contributed by atoms with E-state index in [1.165, 1.54) is 41.8 Å². The Bertz CT molecular complexity index is 803. The molecule has 1 aromatic heterocycles. The van der Waals surface area contributed by atoms with Crippen molar-refractivity contribution in [3.05, 3.63) is 90.1 Å². The van der Waals surface area contributed by atoms with Crippen molar-refractivity contribution in [1.29, 1.82) is 0 Å². The number of likely N-dealkylation sites (tertiary alicyclic amines) is 1. The first kappa shape index (κ1) is 17.3. The molecule has 1 unspecified atom stereocenters. The van der Waals surface area contributed by atoms with Gasteiger partial charge in [0.15, 0.2) is 0 Å². The number of pyridine rings is 1. The zero-order chi connectivity index (χ0) is 17.6. The van der Waals surface area contributed by atoms with E-state index in [1.807, 2.05) is 6.07 Å². The summed E-state index contributed by atoms with van der Waals surface area (Å²) >= 11 is 1.72. The van der Waals surface area contributed by atoms with E-state index in [9.17, 15) is 0 Å². The average Bonchev–Trinajstić information content (AvgIpc) is 2.71. The molecule has 3 heteroatoms. The summed E-state index contributed by atoms with van der Waals surface area (Å²) in [4.78, 5) is 8.57. The molecule has 1 aliphatic heterocycles. The molecule has 0 aliphatic carbocycles. The van der Waals surface area contributed by atoms with Gasteiger partial charge in [-0.2, -0.15) is 0 Å². The van der Waals surface area contributed by atoms with Crippen LogP contribution in [0.5, 0.6) is 0 Å². The van der Waals surface area contributed by atoms with Gasteiger partial charge in [-0.3, -0.25) is 4.90 Å². The van der Waals surface area contributed by atoms with E-state index in [2.05, 4.69) is 77.8 Å². The van der Waals surface area contributed by atoms with E-state index in [0.29, 0.717) is 6.04 Å². The van der Waals surface area contributed by atoms with Crippen LogP contribution in [0.3, 0.4) is 0 Å². The molecule has 1 atom stereocenters. The van der Waals surface area contributed by atoms with Crippen LogP contribution >= 0.6 is 11.8 Å². The minimum atomic E-state index is 0.479. The predicted molar refractivity (Wildman–Crippen MR) is 108 cm³/mol. The van der Waals surface area contributed by atoms with Crippen LogP contribution in [0.1, 0.15) is 36.4 Å². The predicted octanol–water partition coefficient (Wildman–Crippen LogP) is 5.96. The van der Waals surface area contributed by atoms with Gasteiger partial charge in [0.05, 0.1) is 0 Å². The Kier molecular flexibility index (Phi) is 5.68. The molecule has 0 bridgehead atoms. The fourth-order valence-electron chi connectivity index (χ4n) is 3.63. The summed E-state index contributed by atoms with van der Waals surface area (Å²) in [5.41, 5.74) is 2.74. The van der Waals surface area contributed by atoms with Crippen molar-refractivity contribution in [3.8, 4) is 0 Å². The number of nitrogens with zero attached hydrogens (tertiary/aromatic N) is 2. The Morgan fingerprint density at radius 1 is 0.885 bits per heavy atom. The number of hydrogen-bond donors (Lipinski definition) is 0. The first-order valence-corrected chi connectivity index (χ1v) is 10.2. The first-order valence-electron chi connectivity index (χ1n) is 9.35. The maximum Gasteiger partial charge on any atom is 0.101 e. The fourth-order valence-corrected chi connectivity index (χ4v) is 4.41. The highest BCUT2D eigenvalue weighted by atomic mass is 32.2. The first-order chi connectivity index (χ1) is 12.9. The summed E-state index contributed by atoms with van der Waals surface area (Å²) in [5.74, 6) is 0. The standard InChI is InChI=1S/C23H24N2S/c1-3-9-19(10-4-1)18-25-16-8-7-13-22(25)20-14-15-23(24-17-20)26-21-11-5-2-6-12-21/h1-6,9-12,14-15,17,22H,7-8,13,16,18H2. The van der Waals surface area contributed by atoms with Crippen molar-refractivity contribution in [2.45, 2.75) is 41.8 Å². The van der Waals surface area contributed by atoms with E-state index in [4.69, 9.17) is 4.98 Å². The molecular weight excluding hydrogens is 336 g/mol. The highest BCUT2D eigenvalue weighted by molar-refractivity contribution is 7.99. The van der Waals surface area contributed by atoms with Gasteiger partial charge in [-0.15, -0.1) is 0 Å². The summed E-state index contributed by atoms with van der Waals surface area (Å²) in [6, 6.07) is 26.2. The SMILES string of the molecule is c1ccc(CN2CCCCC2c2ccc(Sc3ccccc3)nc2)cc1. The van der Waals surface area contributed by atoms with Crippen LogP contribution in [-0.2, 0) is 6.54 Å². The molecule has 26 heavy (non-hydrogen) atoms. The summed E-state index contributed by atoms with van der Waals surface area (Å²) in [7, 11) is 0. The third kappa shape index (κ3) is 4.35. The number of benzene rings is 2. The maximum atomic E-state index is 4.73. The highest BCUT2D eigenvalue weighted by Crippen LogP contribution is 2.33. The van der Waals surface area contributed by atoms with Crippen molar-refractivity contribution in [2.75, 3.05) is 6.54 Å². The van der Waals surface area contributed by atoms with Gasteiger partial charge >= 0.3 is 0 Å². The quantitative estimate of drug-likeness (QED) is 0.558. The van der Waals surface area contributed by atoms with E-state index < -0.39 is 0 Å². The molecule has 0 saturated carbocycles. The van der Waals surface area contributed by atoms with Gasteiger partial charge in [-0.05, 0) is 48.7 Å². The lowest BCUT2D eigenvalue weighted by molar-refractivity contribution is 0.140. The Hall–Kier alpha value is -2.10. The van der Waals surface area contributed by atoms with Crippen LogP contribution in [-0.4, -0.2) is 16.4 Å². The summed E-state index contributed by atoms with van der Waals surface area (Å²) in [6.45, 7) is 2.19. The van der Waals surface area contributed by atoms with Crippen molar-refractivity contribution >= 4 is 11.8 Å². The Labute approximate surface area is 160 Å². The molecule has 2 aromatic carbocycles.